The van der Waals surface area contributed by atoms with Crippen molar-refractivity contribution in [2.75, 3.05) is 5.32 Å². The molecule has 1 amide bonds. The van der Waals surface area contributed by atoms with Gasteiger partial charge in [-0.3, -0.25) is 4.79 Å². The van der Waals surface area contributed by atoms with Crippen molar-refractivity contribution >= 4 is 29.2 Å². The summed E-state index contributed by atoms with van der Waals surface area (Å²) in [7, 11) is 0. The minimum atomic E-state index is -3.06. The van der Waals surface area contributed by atoms with Gasteiger partial charge in [0.2, 0.25) is 0 Å². The Morgan fingerprint density at radius 2 is 1.69 bits per heavy atom. The molecule has 6 nitrogen and oxygen atoms in total. The maximum atomic E-state index is 12.2. The number of hydrogen-bond donors (Lipinski definition) is 1. The van der Waals surface area contributed by atoms with E-state index in [0.717, 1.165) is 12.1 Å². The van der Waals surface area contributed by atoms with Crippen LogP contribution in [0.4, 0.5) is 23.2 Å². The van der Waals surface area contributed by atoms with E-state index < -0.39 is 31.2 Å². The summed E-state index contributed by atoms with van der Waals surface area (Å²) in [5, 5.41) is 2.23. The summed E-state index contributed by atoms with van der Waals surface area (Å²) in [6.07, 6.45) is -1.27. The molecule has 1 atom stereocenters. The van der Waals surface area contributed by atoms with Crippen LogP contribution in [0, 0.1) is 0 Å². The Morgan fingerprint density at radius 3 is 2.31 bits per heavy atom. The summed E-state index contributed by atoms with van der Waals surface area (Å²) in [4.78, 5) is 24.3. The minimum absolute atomic E-state index is 0.0978. The summed E-state index contributed by atoms with van der Waals surface area (Å²) in [6, 6.07) is 8.45. The van der Waals surface area contributed by atoms with E-state index in [1.165, 1.54) is 37.3 Å². The van der Waals surface area contributed by atoms with Crippen LogP contribution in [0.3, 0.4) is 0 Å². The molecule has 0 fully saturated rings. The van der Waals surface area contributed by atoms with Crippen molar-refractivity contribution in [2.45, 2.75) is 26.3 Å². The lowest BCUT2D eigenvalue weighted by Gasteiger charge is -2.15. The van der Waals surface area contributed by atoms with Crippen LogP contribution in [0.15, 0.2) is 42.5 Å². The Bertz CT molecular complexity index is 881. The average molecular weight is 436 g/mol. The zero-order valence-corrected chi connectivity index (χ0v) is 15.5. The fourth-order valence-electron chi connectivity index (χ4n) is 2.10. The second-order valence-corrected chi connectivity index (χ2v) is 5.87. The number of nitrogens with one attached hydrogen (secondary N) is 1. The number of hydrogen-bond acceptors (Lipinski definition) is 5. The first kappa shape index (κ1) is 22.3. The third-order valence-electron chi connectivity index (χ3n) is 3.36. The van der Waals surface area contributed by atoms with Gasteiger partial charge in [-0.1, -0.05) is 17.7 Å². The van der Waals surface area contributed by atoms with Crippen molar-refractivity contribution in [2.24, 2.45) is 0 Å². The summed E-state index contributed by atoms with van der Waals surface area (Å²) in [5.74, 6) is -2.19. The normalized spacial score (nSPS) is 11.9. The molecule has 0 heterocycles. The van der Waals surface area contributed by atoms with Gasteiger partial charge in [0.05, 0.1) is 10.6 Å². The molecule has 0 saturated carbocycles. The lowest BCUT2D eigenvalue weighted by molar-refractivity contribution is -0.123. The number of carbonyl (C=O) groups is 2. The van der Waals surface area contributed by atoms with Crippen LogP contribution in [-0.2, 0) is 9.53 Å². The predicted molar refractivity (Wildman–Crippen MR) is 94.7 cm³/mol. The molecule has 0 aromatic heterocycles. The van der Waals surface area contributed by atoms with Gasteiger partial charge >= 0.3 is 19.2 Å². The maximum Gasteiger partial charge on any atom is 0.387 e. The number of esters is 1. The van der Waals surface area contributed by atoms with E-state index >= 15 is 0 Å². The van der Waals surface area contributed by atoms with Crippen molar-refractivity contribution < 1.29 is 41.4 Å². The zero-order chi connectivity index (χ0) is 21.6. The highest BCUT2D eigenvalue weighted by molar-refractivity contribution is 6.32. The van der Waals surface area contributed by atoms with Crippen molar-refractivity contribution in [1.82, 2.24) is 0 Å². The van der Waals surface area contributed by atoms with E-state index in [2.05, 4.69) is 14.8 Å². The predicted octanol–water partition coefficient (Wildman–Crippen LogP) is 4.73. The quantitative estimate of drug-likeness (QED) is 0.479. The highest BCUT2D eigenvalue weighted by Crippen LogP contribution is 2.29. The van der Waals surface area contributed by atoms with Gasteiger partial charge in [-0.05, 0) is 43.3 Å². The Balaban J connectivity index is 1.98. The highest BCUT2D eigenvalue weighted by atomic mass is 35.5. The van der Waals surface area contributed by atoms with Gasteiger partial charge in [-0.2, -0.15) is 17.6 Å². The molecule has 0 spiro atoms. The van der Waals surface area contributed by atoms with Crippen LogP contribution >= 0.6 is 11.6 Å². The van der Waals surface area contributed by atoms with Crippen molar-refractivity contribution in [1.29, 1.82) is 0 Å². The van der Waals surface area contributed by atoms with Gasteiger partial charge in [-0.15, -0.1) is 0 Å². The van der Waals surface area contributed by atoms with E-state index in [1.807, 2.05) is 0 Å². The van der Waals surface area contributed by atoms with Crippen LogP contribution in [0.5, 0.6) is 11.5 Å². The highest BCUT2D eigenvalue weighted by Gasteiger charge is 2.20. The molecule has 0 aliphatic heterocycles. The van der Waals surface area contributed by atoms with Gasteiger partial charge in [-0.25, -0.2) is 4.79 Å². The van der Waals surface area contributed by atoms with Crippen molar-refractivity contribution in [3.05, 3.63) is 53.1 Å². The van der Waals surface area contributed by atoms with Gasteiger partial charge in [0.25, 0.3) is 5.91 Å². The Labute approximate surface area is 167 Å². The fraction of sp³-hybridized carbons (Fsp3) is 0.222. The van der Waals surface area contributed by atoms with E-state index in [0.29, 0.717) is 0 Å². The smallest absolute Gasteiger partial charge is 0.387 e. The van der Waals surface area contributed by atoms with Gasteiger partial charge in [0.1, 0.15) is 11.5 Å². The number of amides is 1. The van der Waals surface area contributed by atoms with Gasteiger partial charge in [0, 0.05) is 5.69 Å². The van der Waals surface area contributed by atoms with Crippen molar-refractivity contribution in [3.8, 4) is 11.5 Å². The molecule has 2 aromatic carbocycles. The number of carbonyl (C=O) groups excluding carboxylic acids is 2. The van der Waals surface area contributed by atoms with Crippen LogP contribution < -0.4 is 14.8 Å². The minimum Gasteiger partial charge on any atom is -0.449 e. The molecule has 0 radical (unpaired) electrons. The van der Waals surface area contributed by atoms with E-state index in [9.17, 15) is 27.2 Å². The van der Waals surface area contributed by atoms with Gasteiger partial charge < -0.3 is 19.5 Å². The number of ether oxygens (including phenoxy) is 3. The van der Waals surface area contributed by atoms with E-state index in [4.69, 9.17) is 16.3 Å². The number of rotatable bonds is 8. The Hall–Kier alpha value is -3.01. The standard InChI is InChI=1S/C18H14ClF4NO5/c1-9(27-16(26)10-3-2-4-12(7-10)28-17(20)21)15(25)24-11-5-6-14(13(19)8-11)29-18(22)23/h2-9,17-18H,1H3,(H,24,25). The first-order chi connectivity index (χ1) is 13.7. The van der Waals surface area contributed by atoms with Crippen LogP contribution in [0.25, 0.3) is 0 Å². The molecular formula is C18H14ClF4NO5. The van der Waals surface area contributed by atoms with E-state index in [1.54, 1.807) is 0 Å². The monoisotopic (exact) mass is 435 g/mol. The largest absolute Gasteiger partial charge is 0.449 e. The maximum absolute atomic E-state index is 12.2. The second kappa shape index (κ2) is 9.97. The molecule has 2 rings (SSSR count). The Kier molecular flexibility index (Phi) is 7.66. The molecular weight excluding hydrogens is 422 g/mol. The lowest BCUT2D eigenvalue weighted by Crippen LogP contribution is -2.30. The SMILES string of the molecule is CC(OC(=O)c1cccc(OC(F)F)c1)C(=O)Nc1ccc(OC(F)F)c(Cl)c1. The molecule has 1 unspecified atom stereocenters. The van der Waals surface area contributed by atoms with Crippen LogP contribution in [-0.4, -0.2) is 31.2 Å². The molecule has 0 aliphatic carbocycles. The van der Waals surface area contributed by atoms with Crippen LogP contribution in [0.2, 0.25) is 5.02 Å². The molecule has 29 heavy (non-hydrogen) atoms. The van der Waals surface area contributed by atoms with Crippen LogP contribution in [0.1, 0.15) is 17.3 Å². The van der Waals surface area contributed by atoms with E-state index in [-0.39, 0.29) is 27.8 Å². The van der Waals surface area contributed by atoms with Gasteiger partial charge in [0.15, 0.2) is 6.10 Å². The molecule has 11 heteroatoms. The molecule has 2 aromatic rings. The topological polar surface area (TPSA) is 73.9 Å². The molecule has 0 bridgehead atoms. The molecule has 156 valence electrons. The average Bonchev–Trinajstić information content (AvgIpc) is 2.63. The molecule has 1 N–H and O–H groups in total. The summed E-state index contributed by atoms with van der Waals surface area (Å²) in [5.41, 5.74) is 0.0520. The third kappa shape index (κ3) is 6.83. The molecule has 0 aliphatic rings. The zero-order valence-electron chi connectivity index (χ0n) is 14.7. The summed E-state index contributed by atoms with van der Waals surface area (Å²) >= 11 is 5.79. The first-order valence-electron chi connectivity index (χ1n) is 7.97. The first-order valence-corrected chi connectivity index (χ1v) is 8.34. The molecule has 0 saturated heterocycles. The summed E-state index contributed by atoms with van der Waals surface area (Å²) in [6.45, 7) is -4.84. The lowest BCUT2D eigenvalue weighted by atomic mass is 10.2. The van der Waals surface area contributed by atoms with Crippen molar-refractivity contribution in [3.63, 3.8) is 0 Å². The Morgan fingerprint density at radius 1 is 1.00 bits per heavy atom. The third-order valence-corrected chi connectivity index (χ3v) is 3.66. The number of benzene rings is 2. The number of alkyl halides is 4. The number of halogens is 5. The number of anilines is 1. The fourth-order valence-corrected chi connectivity index (χ4v) is 2.32. The second-order valence-electron chi connectivity index (χ2n) is 5.47. The summed E-state index contributed by atoms with van der Waals surface area (Å²) < 4.78 is 62.3.